The number of halogens is 1. The summed E-state index contributed by atoms with van der Waals surface area (Å²) < 4.78 is 21.3. The zero-order chi connectivity index (χ0) is 19.8. The Bertz CT molecular complexity index is 1180. The average Bonchev–Trinajstić information content (AvgIpc) is 3.22. The van der Waals surface area contributed by atoms with Gasteiger partial charge in [-0.1, -0.05) is 6.07 Å². The van der Waals surface area contributed by atoms with Crippen LogP contribution < -0.4 is 10.6 Å². The first-order valence-electron chi connectivity index (χ1n) is 9.09. The van der Waals surface area contributed by atoms with Gasteiger partial charge in [-0.3, -0.25) is 0 Å². The lowest BCUT2D eigenvalue weighted by molar-refractivity contribution is 0.236. The molecule has 0 saturated carbocycles. The van der Waals surface area contributed by atoms with Gasteiger partial charge in [0.05, 0.1) is 18.3 Å². The van der Waals surface area contributed by atoms with Crippen LogP contribution in [-0.4, -0.2) is 15.4 Å². The van der Waals surface area contributed by atoms with E-state index in [1.807, 2.05) is 49.6 Å². The number of aryl methyl sites for hydroxylation is 2. The second-order valence-corrected chi connectivity index (χ2v) is 6.91. The highest BCUT2D eigenvalue weighted by atomic mass is 19.1. The standard InChI is InChI=1S/C21H21FN4O2/c1-12-5-4-6-19-25-16(11-26(12)19)10-23-21(27)24-14(3)20-13(2)17-9-15(22)7-8-18(17)28-20/h4-9,11,14H,10H2,1-3H3,(H2,23,24,27). The Labute approximate surface area is 161 Å². The fraction of sp³-hybridized carbons (Fsp3) is 0.238. The number of benzene rings is 1. The van der Waals surface area contributed by atoms with Crippen LogP contribution >= 0.6 is 0 Å². The second-order valence-electron chi connectivity index (χ2n) is 6.91. The third kappa shape index (κ3) is 3.31. The molecule has 0 spiro atoms. The highest BCUT2D eigenvalue weighted by Crippen LogP contribution is 2.29. The van der Waals surface area contributed by atoms with E-state index in [-0.39, 0.29) is 17.9 Å². The van der Waals surface area contributed by atoms with Crippen LogP contribution in [0.25, 0.3) is 16.6 Å². The van der Waals surface area contributed by atoms with Gasteiger partial charge in [0.2, 0.25) is 0 Å². The molecule has 0 aliphatic carbocycles. The number of urea groups is 1. The number of hydrogen-bond acceptors (Lipinski definition) is 3. The fourth-order valence-electron chi connectivity index (χ4n) is 3.39. The maximum absolute atomic E-state index is 13.5. The van der Waals surface area contributed by atoms with E-state index in [1.165, 1.54) is 12.1 Å². The molecule has 1 unspecified atom stereocenters. The largest absolute Gasteiger partial charge is 0.459 e. The minimum Gasteiger partial charge on any atom is -0.459 e. The number of hydrogen-bond donors (Lipinski definition) is 2. The van der Waals surface area contributed by atoms with Crippen LogP contribution in [0.5, 0.6) is 0 Å². The molecule has 1 aromatic carbocycles. The molecule has 0 aliphatic rings. The zero-order valence-electron chi connectivity index (χ0n) is 15.9. The van der Waals surface area contributed by atoms with Crippen molar-refractivity contribution in [2.45, 2.75) is 33.4 Å². The van der Waals surface area contributed by atoms with E-state index >= 15 is 0 Å². The molecule has 0 fully saturated rings. The lowest BCUT2D eigenvalue weighted by atomic mass is 10.1. The predicted octanol–water partition coefficient (Wildman–Crippen LogP) is 4.40. The summed E-state index contributed by atoms with van der Waals surface area (Å²) in [6.07, 6.45) is 1.91. The van der Waals surface area contributed by atoms with Crippen LogP contribution in [0, 0.1) is 19.7 Å². The monoisotopic (exact) mass is 380 g/mol. The highest BCUT2D eigenvalue weighted by molar-refractivity contribution is 5.82. The molecule has 3 aromatic heterocycles. The molecule has 0 bridgehead atoms. The first-order chi connectivity index (χ1) is 13.4. The average molecular weight is 380 g/mol. The highest BCUT2D eigenvalue weighted by Gasteiger charge is 2.19. The summed E-state index contributed by atoms with van der Waals surface area (Å²) >= 11 is 0. The molecule has 4 rings (SSSR count). The summed E-state index contributed by atoms with van der Waals surface area (Å²) in [5.41, 5.74) is 4.11. The Morgan fingerprint density at radius 2 is 2.11 bits per heavy atom. The molecular weight excluding hydrogens is 359 g/mol. The van der Waals surface area contributed by atoms with Gasteiger partial charge in [-0.15, -0.1) is 0 Å². The maximum atomic E-state index is 13.5. The number of furan rings is 1. The van der Waals surface area contributed by atoms with Crippen molar-refractivity contribution >= 4 is 22.6 Å². The van der Waals surface area contributed by atoms with Gasteiger partial charge in [-0.2, -0.15) is 0 Å². The lowest BCUT2D eigenvalue weighted by Gasteiger charge is -2.13. The van der Waals surface area contributed by atoms with Crippen LogP contribution in [-0.2, 0) is 6.54 Å². The van der Waals surface area contributed by atoms with E-state index in [4.69, 9.17) is 4.42 Å². The van der Waals surface area contributed by atoms with E-state index in [2.05, 4.69) is 15.6 Å². The van der Waals surface area contributed by atoms with Crippen LogP contribution in [0.2, 0.25) is 0 Å². The van der Waals surface area contributed by atoms with Gasteiger partial charge >= 0.3 is 6.03 Å². The normalized spacial score (nSPS) is 12.4. The zero-order valence-corrected chi connectivity index (χ0v) is 15.9. The Morgan fingerprint density at radius 1 is 1.29 bits per heavy atom. The topological polar surface area (TPSA) is 71.6 Å². The number of fused-ring (bicyclic) bond motifs is 2. The molecule has 4 aromatic rings. The lowest BCUT2D eigenvalue weighted by Crippen LogP contribution is -2.36. The molecule has 0 aliphatic heterocycles. The molecular formula is C21H21FN4O2. The van der Waals surface area contributed by atoms with Gasteiger partial charge in [0, 0.05) is 22.8 Å². The number of nitrogens with one attached hydrogen (secondary N) is 2. The Balaban J connectivity index is 1.43. The van der Waals surface area contributed by atoms with Crippen molar-refractivity contribution in [3.8, 4) is 0 Å². The van der Waals surface area contributed by atoms with Crippen LogP contribution in [0.4, 0.5) is 9.18 Å². The molecule has 6 nitrogen and oxygen atoms in total. The summed E-state index contributed by atoms with van der Waals surface area (Å²) in [5, 5.41) is 6.38. The molecule has 1 atom stereocenters. The molecule has 2 amide bonds. The van der Waals surface area contributed by atoms with Crippen LogP contribution in [0.15, 0.2) is 47.0 Å². The van der Waals surface area contributed by atoms with E-state index in [1.54, 1.807) is 6.07 Å². The summed E-state index contributed by atoms with van der Waals surface area (Å²) in [6.45, 7) is 6.00. The van der Waals surface area contributed by atoms with Gasteiger partial charge in [0.1, 0.15) is 22.8 Å². The Kier molecular flexibility index (Phi) is 4.50. The molecule has 0 saturated heterocycles. The number of rotatable bonds is 4. The third-order valence-corrected chi connectivity index (χ3v) is 4.85. The summed E-state index contributed by atoms with van der Waals surface area (Å²) in [6, 6.07) is 9.58. The van der Waals surface area contributed by atoms with Crippen LogP contribution in [0.1, 0.15) is 35.7 Å². The number of nitrogens with zero attached hydrogens (tertiary/aromatic N) is 2. The predicted molar refractivity (Wildman–Crippen MR) is 105 cm³/mol. The Hall–Kier alpha value is -3.35. The summed E-state index contributed by atoms with van der Waals surface area (Å²) in [5.74, 6) is 0.295. The Morgan fingerprint density at radius 3 is 2.89 bits per heavy atom. The minimum absolute atomic E-state index is 0.310. The SMILES string of the molecule is Cc1c(C(C)NC(=O)NCc2cn3c(C)cccc3n2)oc2ccc(F)cc12. The van der Waals surface area contributed by atoms with E-state index in [0.29, 0.717) is 23.3 Å². The quantitative estimate of drug-likeness (QED) is 0.551. The fourth-order valence-corrected chi connectivity index (χ4v) is 3.39. The molecule has 28 heavy (non-hydrogen) atoms. The van der Waals surface area contributed by atoms with Crippen molar-refractivity contribution in [1.82, 2.24) is 20.0 Å². The van der Waals surface area contributed by atoms with E-state index in [0.717, 1.165) is 22.6 Å². The van der Waals surface area contributed by atoms with Gasteiger partial charge in [-0.05, 0) is 51.1 Å². The molecule has 3 heterocycles. The molecule has 2 N–H and O–H groups in total. The minimum atomic E-state index is -0.362. The number of carbonyl (C=O) groups is 1. The van der Waals surface area contributed by atoms with Crippen molar-refractivity contribution in [3.05, 3.63) is 71.1 Å². The van der Waals surface area contributed by atoms with Gasteiger partial charge in [-0.25, -0.2) is 14.2 Å². The van der Waals surface area contributed by atoms with Gasteiger partial charge in [0.15, 0.2) is 0 Å². The number of imidazole rings is 1. The number of aromatic nitrogens is 2. The van der Waals surface area contributed by atoms with Crippen molar-refractivity contribution in [1.29, 1.82) is 0 Å². The first kappa shape index (κ1) is 18.0. The second kappa shape index (κ2) is 6.99. The number of pyridine rings is 1. The third-order valence-electron chi connectivity index (χ3n) is 4.85. The molecule has 7 heteroatoms. The number of amides is 2. The van der Waals surface area contributed by atoms with Crippen molar-refractivity contribution < 1.29 is 13.6 Å². The smallest absolute Gasteiger partial charge is 0.315 e. The van der Waals surface area contributed by atoms with E-state index < -0.39 is 0 Å². The molecule has 0 radical (unpaired) electrons. The van der Waals surface area contributed by atoms with Gasteiger partial charge < -0.3 is 19.5 Å². The van der Waals surface area contributed by atoms with Gasteiger partial charge in [0.25, 0.3) is 0 Å². The maximum Gasteiger partial charge on any atom is 0.315 e. The first-order valence-corrected chi connectivity index (χ1v) is 9.09. The van der Waals surface area contributed by atoms with Crippen molar-refractivity contribution in [2.24, 2.45) is 0 Å². The van der Waals surface area contributed by atoms with E-state index in [9.17, 15) is 9.18 Å². The number of carbonyl (C=O) groups excluding carboxylic acids is 1. The summed E-state index contributed by atoms with van der Waals surface area (Å²) in [7, 11) is 0. The van der Waals surface area contributed by atoms with Crippen molar-refractivity contribution in [2.75, 3.05) is 0 Å². The summed E-state index contributed by atoms with van der Waals surface area (Å²) in [4.78, 5) is 16.8. The van der Waals surface area contributed by atoms with Crippen molar-refractivity contribution in [3.63, 3.8) is 0 Å². The van der Waals surface area contributed by atoms with Crippen LogP contribution in [0.3, 0.4) is 0 Å². The molecule has 144 valence electrons.